The number of ketones is 1. The first kappa shape index (κ1) is 23.3. The number of carbonyl (C=O) groups excluding carboxylic acids is 3. The third-order valence-electron chi connectivity index (χ3n) is 6.81. The lowest BCUT2D eigenvalue weighted by Gasteiger charge is -2.34. The van der Waals surface area contributed by atoms with Crippen LogP contribution in [0.1, 0.15) is 15.9 Å². The molecule has 2 aromatic carbocycles. The zero-order valence-electron chi connectivity index (χ0n) is 19.8. The van der Waals surface area contributed by atoms with E-state index in [1.165, 1.54) is 5.56 Å². The number of morpholine rings is 1. The van der Waals surface area contributed by atoms with E-state index in [4.69, 9.17) is 4.74 Å². The second kappa shape index (κ2) is 10.4. The monoisotopic (exact) mass is 474 g/mol. The number of benzene rings is 2. The SMILES string of the molecule is O=C(C(=O)N1CCN(Cc2ccccc2)CC1)c1cn(CC(=O)N2CCOCC2)c2ccccc12. The Balaban J connectivity index is 1.27. The summed E-state index contributed by atoms with van der Waals surface area (Å²) in [5, 5.41) is 0.698. The molecule has 0 bridgehead atoms. The van der Waals surface area contributed by atoms with E-state index >= 15 is 0 Å². The number of hydrogen-bond acceptors (Lipinski definition) is 5. The van der Waals surface area contributed by atoms with Crippen molar-refractivity contribution >= 4 is 28.5 Å². The maximum absolute atomic E-state index is 13.3. The number of nitrogens with zero attached hydrogens (tertiary/aromatic N) is 4. The van der Waals surface area contributed by atoms with Crippen molar-refractivity contribution in [2.75, 3.05) is 52.5 Å². The third-order valence-corrected chi connectivity index (χ3v) is 6.81. The van der Waals surface area contributed by atoms with E-state index in [-0.39, 0.29) is 12.5 Å². The number of amides is 2. The molecule has 182 valence electrons. The summed E-state index contributed by atoms with van der Waals surface area (Å²) in [6.45, 7) is 5.66. The Morgan fingerprint density at radius 2 is 1.46 bits per heavy atom. The lowest BCUT2D eigenvalue weighted by atomic mass is 10.1. The van der Waals surface area contributed by atoms with Gasteiger partial charge < -0.3 is 19.1 Å². The van der Waals surface area contributed by atoms with Crippen molar-refractivity contribution in [3.05, 3.63) is 71.9 Å². The number of rotatable bonds is 6. The fourth-order valence-electron chi connectivity index (χ4n) is 4.83. The molecule has 3 heterocycles. The number of ether oxygens (including phenoxy) is 1. The van der Waals surface area contributed by atoms with Crippen molar-refractivity contribution in [1.82, 2.24) is 19.3 Å². The molecule has 35 heavy (non-hydrogen) atoms. The quantitative estimate of drug-likeness (QED) is 0.404. The van der Waals surface area contributed by atoms with Crippen molar-refractivity contribution in [3.8, 4) is 0 Å². The van der Waals surface area contributed by atoms with E-state index in [2.05, 4.69) is 17.0 Å². The molecular weight excluding hydrogens is 444 g/mol. The van der Waals surface area contributed by atoms with Gasteiger partial charge in [0.05, 0.1) is 18.8 Å². The standard InChI is InChI=1S/C27H30N4O4/c32-25(29-14-16-35-17-15-29)20-31-19-23(22-8-4-5-9-24(22)31)26(33)27(34)30-12-10-28(11-13-30)18-21-6-2-1-3-7-21/h1-9,19H,10-18,20H2. The van der Waals surface area contributed by atoms with Gasteiger partial charge in [0.15, 0.2) is 0 Å². The Morgan fingerprint density at radius 1 is 0.771 bits per heavy atom. The van der Waals surface area contributed by atoms with Crippen molar-refractivity contribution in [2.24, 2.45) is 0 Å². The van der Waals surface area contributed by atoms with Crippen molar-refractivity contribution < 1.29 is 19.1 Å². The minimum absolute atomic E-state index is 0.0195. The van der Waals surface area contributed by atoms with Gasteiger partial charge in [-0.05, 0) is 11.6 Å². The van der Waals surface area contributed by atoms with Crippen molar-refractivity contribution in [3.63, 3.8) is 0 Å². The van der Waals surface area contributed by atoms with E-state index in [9.17, 15) is 14.4 Å². The second-order valence-corrected chi connectivity index (χ2v) is 9.06. The molecule has 0 N–H and O–H groups in total. The molecule has 2 aliphatic heterocycles. The van der Waals surface area contributed by atoms with Crippen molar-refractivity contribution in [1.29, 1.82) is 0 Å². The average Bonchev–Trinajstić information content (AvgIpc) is 3.27. The molecule has 0 unspecified atom stereocenters. The van der Waals surface area contributed by atoms with Gasteiger partial charge in [0.2, 0.25) is 5.91 Å². The highest BCUT2D eigenvalue weighted by Gasteiger charge is 2.29. The van der Waals surface area contributed by atoms with Crippen LogP contribution in [0.25, 0.3) is 10.9 Å². The normalized spacial score (nSPS) is 17.0. The van der Waals surface area contributed by atoms with E-state index in [1.807, 2.05) is 42.5 Å². The first-order valence-corrected chi connectivity index (χ1v) is 12.1. The van der Waals surface area contributed by atoms with Crippen LogP contribution in [0.3, 0.4) is 0 Å². The first-order valence-electron chi connectivity index (χ1n) is 12.1. The Kier molecular flexibility index (Phi) is 6.92. The lowest BCUT2D eigenvalue weighted by molar-refractivity contribution is -0.135. The fraction of sp³-hybridized carbons (Fsp3) is 0.370. The fourth-order valence-corrected chi connectivity index (χ4v) is 4.83. The Hall–Kier alpha value is -3.49. The van der Waals surface area contributed by atoms with Gasteiger partial charge in [0, 0.05) is 62.9 Å². The molecule has 2 aliphatic rings. The highest BCUT2D eigenvalue weighted by Crippen LogP contribution is 2.23. The molecule has 2 amide bonds. The van der Waals surface area contributed by atoms with Crippen LogP contribution in [0.4, 0.5) is 0 Å². The topological polar surface area (TPSA) is 75.1 Å². The molecular formula is C27H30N4O4. The molecule has 8 heteroatoms. The summed E-state index contributed by atoms with van der Waals surface area (Å²) >= 11 is 0. The number of para-hydroxylation sites is 1. The molecule has 2 saturated heterocycles. The number of Topliss-reactive ketones (excluding diaryl/α,β-unsaturated/α-hetero) is 1. The van der Waals surface area contributed by atoms with E-state index in [0.29, 0.717) is 50.3 Å². The van der Waals surface area contributed by atoms with E-state index < -0.39 is 11.7 Å². The zero-order chi connectivity index (χ0) is 24.2. The van der Waals surface area contributed by atoms with Crippen LogP contribution in [0, 0.1) is 0 Å². The van der Waals surface area contributed by atoms with Crippen LogP contribution in [0.5, 0.6) is 0 Å². The van der Waals surface area contributed by atoms with Gasteiger partial charge in [-0.25, -0.2) is 0 Å². The van der Waals surface area contributed by atoms with Crippen LogP contribution >= 0.6 is 0 Å². The maximum atomic E-state index is 13.3. The number of piperazine rings is 1. The van der Waals surface area contributed by atoms with E-state index in [0.717, 1.165) is 25.2 Å². The number of aromatic nitrogens is 1. The third kappa shape index (κ3) is 5.13. The molecule has 0 saturated carbocycles. The summed E-state index contributed by atoms with van der Waals surface area (Å²) < 4.78 is 7.12. The number of hydrogen-bond donors (Lipinski definition) is 0. The summed E-state index contributed by atoms with van der Waals surface area (Å²) in [5.74, 6) is -1.02. The first-order chi connectivity index (χ1) is 17.1. The van der Waals surface area contributed by atoms with Crippen LogP contribution in [0.2, 0.25) is 0 Å². The maximum Gasteiger partial charge on any atom is 0.295 e. The van der Waals surface area contributed by atoms with Crippen molar-refractivity contribution in [2.45, 2.75) is 13.1 Å². The smallest absolute Gasteiger partial charge is 0.295 e. The van der Waals surface area contributed by atoms with Crippen LogP contribution < -0.4 is 0 Å². The number of carbonyl (C=O) groups is 3. The summed E-state index contributed by atoms with van der Waals surface area (Å²) in [6, 6.07) is 17.7. The van der Waals surface area contributed by atoms with Crippen LogP contribution in [-0.4, -0.2) is 89.3 Å². The lowest BCUT2D eigenvalue weighted by Crippen LogP contribution is -2.50. The molecule has 5 rings (SSSR count). The van der Waals surface area contributed by atoms with Gasteiger partial charge in [0.25, 0.3) is 11.7 Å². The zero-order valence-corrected chi connectivity index (χ0v) is 19.8. The average molecular weight is 475 g/mol. The predicted molar refractivity (Wildman–Crippen MR) is 132 cm³/mol. The second-order valence-electron chi connectivity index (χ2n) is 9.06. The molecule has 0 radical (unpaired) electrons. The largest absolute Gasteiger partial charge is 0.378 e. The van der Waals surface area contributed by atoms with E-state index in [1.54, 1.807) is 20.6 Å². The van der Waals surface area contributed by atoms with Gasteiger partial charge in [-0.1, -0.05) is 48.5 Å². The Bertz CT molecular complexity index is 1210. The minimum Gasteiger partial charge on any atom is -0.378 e. The highest BCUT2D eigenvalue weighted by atomic mass is 16.5. The van der Waals surface area contributed by atoms with Gasteiger partial charge >= 0.3 is 0 Å². The van der Waals surface area contributed by atoms with Gasteiger partial charge in [0.1, 0.15) is 6.54 Å². The molecule has 8 nitrogen and oxygen atoms in total. The Labute approximate surface area is 204 Å². The Morgan fingerprint density at radius 3 is 2.20 bits per heavy atom. The molecule has 0 spiro atoms. The molecule has 3 aromatic rings. The summed E-state index contributed by atoms with van der Waals surface area (Å²) in [4.78, 5) is 45.0. The van der Waals surface area contributed by atoms with Gasteiger partial charge in [-0.2, -0.15) is 0 Å². The highest BCUT2D eigenvalue weighted by molar-refractivity contribution is 6.44. The van der Waals surface area contributed by atoms with Gasteiger partial charge in [-0.15, -0.1) is 0 Å². The van der Waals surface area contributed by atoms with Crippen LogP contribution in [-0.2, 0) is 27.4 Å². The summed E-state index contributed by atoms with van der Waals surface area (Å²) in [7, 11) is 0. The molecule has 0 aliphatic carbocycles. The predicted octanol–water partition coefficient (Wildman–Crippen LogP) is 2.03. The van der Waals surface area contributed by atoms with Crippen LogP contribution in [0.15, 0.2) is 60.8 Å². The molecule has 1 aromatic heterocycles. The molecule has 0 atom stereocenters. The summed E-state index contributed by atoms with van der Waals surface area (Å²) in [5.41, 5.74) is 2.37. The molecule has 2 fully saturated rings. The number of fused-ring (bicyclic) bond motifs is 1. The minimum atomic E-state index is -0.518. The van der Waals surface area contributed by atoms with Gasteiger partial charge in [-0.3, -0.25) is 19.3 Å². The summed E-state index contributed by atoms with van der Waals surface area (Å²) in [6.07, 6.45) is 1.66.